The second kappa shape index (κ2) is 8.84. The summed E-state index contributed by atoms with van der Waals surface area (Å²) in [6.45, 7) is 6.14. The van der Waals surface area contributed by atoms with Gasteiger partial charge in [-0.25, -0.2) is 0 Å². The van der Waals surface area contributed by atoms with Gasteiger partial charge >= 0.3 is 5.97 Å². The largest absolute Gasteiger partial charge is 0.481 e. The quantitative estimate of drug-likeness (QED) is 0.883. The van der Waals surface area contributed by atoms with Crippen molar-refractivity contribution in [3.05, 3.63) is 41.2 Å². The van der Waals surface area contributed by atoms with Crippen LogP contribution in [0.5, 0.6) is 0 Å². The second-order valence-electron chi connectivity index (χ2n) is 5.01. The van der Waals surface area contributed by atoms with Crippen LogP contribution in [0.2, 0.25) is 0 Å². The predicted octanol–water partition coefficient (Wildman–Crippen LogP) is 2.55. The van der Waals surface area contributed by atoms with E-state index in [9.17, 15) is 4.79 Å². The van der Waals surface area contributed by atoms with Crippen LogP contribution in [0.1, 0.15) is 36.7 Å². The minimum Gasteiger partial charge on any atom is -0.481 e. The lowest BCUT2D eigenvalue weighted by Gasteiger charge is -2.06. The maximum absolute atomic E-state index is 10.7. The van der Waals surface area contributed by atoms with Crippen molar-refractivity contribution < 1.29 is 9.90 Å². The molecule has 2 rings (SSSR count). The van der Waals surface area contributed by atoms with Gasteiger partial charge in [-0.1, -0.05) is 54.0 Å². The standard InChI is InChI=1S/C8H10.C7H12N4O2/c1-7-3-5-8(2)6-4-7;1-2-3-5(7(12)13)4-6-8-10-11-9-6/h3-6H,1-2H3;5H,2-4H2,1H3,(H,12,13)(H,8,9,10,11). The SMILES string of the molecule is CCCC(Cc1nn[nH]n1)C(=O)O.Cc1ccc(C)cc1. The highest BCUT2D eigenvalue weighted by Gasteiger charge is 2.18. The summed E-state index contributed by atoms with van der Waals surface area (Å²) in [4.78, 5) is 10.7. The molecule has 1 aromatic heterocycles. The number of tetrazole rings is 1. The van der Waals surface area contributed by atoms with Crippen LogP contribution in [0.4, 0.5) is 0 Å². The summed E-state index contributed by atoms with van der Waals surface area (Å²) in [7, 11) is 0. The number of rotatable bonds is 5. The predicted molar refractivity (Wildman–Crippen MR) is 79.8 cm³/mol. The van der Waals surface area contributed by atoms with Crippen molar-refractivity contribution in [2.24, 2.45) is 5.92 Å². The van der Waals surface area contributed by atoms with E-state index in [1.54, 1.807) is 0 Å². The molecule has 21 heavy (non-hydrogen) atoms. The summed E-state index contributed by atoms with van der Waals surface area (Å²) < 4.78 is 0. The minimum absolute atomic E-state index is 0.347. The van der Waals surface area contributed by atoms with Gasteiger partial charge in [0, 0.05) is 6.42 Å². The Balaban J connectivity index is 0.000000235. The van der Waals surface area contributed by atoms with Crippen LogP contribution in [0, 0.1) is 19.8 Å². The zero-order chi connectivity index (χ0) is 15.7. The van der Waals surface area contributed by atoms with Crippen molar-refractivity contribution in [1.82, 2.24) is 20.6 Å². The molecular weight excluding hydrogens is 268 g/mol. The number of carboxylic acids is 1. The monoisotopic (exact) mass is 290 g/mol. The molecule has 0 saturated heterocycles. The Morgan fingerprint density at radius 3 is 2.19 bits per heavy atom. The van der Waals surface area contributed by atoms with E-state index in [0.29, 0.717) is 18.7 Å². The van der Waals surface area contributed by atoms with E-state index in [0.717, 1.165) is 6.42 Å². The number of aromatic nitrogens is 4. The molecule has 1 aromatic carbocycles. The third kappa shape index (κ3) is 6.65. The Kier molecular flexibility index (Phi) is 7.08. The van der Waals surface area contributed by atoms with E-state index in [-0.39, 0.29) is 0 Å². The number of aryl methyl sites for hydroxylation is 2. The number of carbonyl (C=O) groups is 1. The van der Waals surface area contributed by atoms with Gasteiger partial charge in [0.25, 0.3) is 0 Å². The van der Waals surface area contributed by atoms with Crippen LogP contribution in [0.3, 0.4) is 0 Å². The molecule has 0 aliphatic heterocycles. The fraction of sp³-hybridized carbons (Fsp3) is 0.467. The first kappa shape index (κ1) is 16.8. The lowest BCUT2D eigenvalue weighted by atomic mass is 10.00. The first-order valence-electron chi connectivity index (χ1n) is 7.01. The van der Waals surface area contributed by atoms with Gasteiger partial charge in [-0.2, -0.15) is 5.21 Å². The Morgan fingerprint density at radius 1 is 1.24 bits per heavy atom. The van der Waals surface area contributed by atoms with Crippen molar-refractivity contribution in [1.29, 1.82) is 0 Å². The zero-order valence-electron chi connectivity index (χ0n) is 12.7. The fourth-order valence-electron chi connectivity index (χ4n) is 1.79. The molecule has 0 radical (unpaired) electrons. The first-order chi connectivity index (χ1) is 10.0. The molecule has 1 unspecified atom stereocenters. The van der Waals surface area contributed by atoms with Crippen molar-refractivity contribution in [2.75, 3.05) is 0 Å². The topological polar surface area (TPSA) is 91.8 Å². The number of carboxylic acid groups (broad SMARTS) is 1. The highest BCUT2D eigenvalue weighted by atomic mass is 16.4. The molecule has 0 bridgehead atoms. The summed E-state index contributed by atoms with van der Waals surface area (Å²) in [6, 6.07) is 8.48. The highest BCUT2D eigenvalue weighted by Crippen LogP contribution is 2.10. The Bertz CT molecular complexity index is 502. The molecular formula is C15H22N4O2. The van der Waals surface area contributed by atoms with Crippen LogP contribution in [-0.2, 0) is 11.2 Å². The molecule has 0 saturated carbocycles. The number of hydrogen-bond donors (Lipinski definition) is 2. The Morgan fingerprint density at radius 2 is 1.81 bits per heavy atom. The second-order valence-corrected chi connectivity index (χ2v) is 5.01. The van der Waals surface area contributed by atoms with Gasteiger partial charge in [-0.3, -0.25) is 4.79 Å². The van der Waals surface area contributed by atoms with Crippen LogP contribution in [-0.4, -0.2) is 31.7 Å². The van der Waals surface area contributed by atoms with Gasteiger partial charge < -0.3 is 5.11 Å². The van der Waals surface area contributed by atoms with E-state index in [4.69, 9.17) is 5.11 Å². The highest BCUT2D eigenvalue weighted by molar-refractivity contribution is 5.70. The molecule has 114 valence electrons. The molecule has 2 aromatic rings. The molecule has 0 aliphatic rings. The molecule has 1 heterocycles. The van der Waals surface area contributed by atoms with Crippen LogP contribution < -0.4 is 0 Å². The van der Waals surface area contributed by atoms with Crippen LogP contribution in [0.25, 0.3) is 0 Å². The maximum Gasteiger partial charge on any atom is 0.306 e. The number of aliphatic carboxylic acids is 1. The van der Waals surface area contributed by atoms with Gasteiger partial charge in [0.2, 0.25) is 0 Å². The van der Waals surface area contributed by atoms with Gasteiger partial charge in [-0.15, -0.1) is 10.2 Å². The van der Waals surface area contributed by atoms with E-state index in [2.05, 4.69) is 58.7 Å². The van der Waals surface area contributed by atoms with E-state index in [1.807, 2.05) is 6.92 Å². The van der Waals surface area contributed by atoms with E-state index >= 15 is 0 Å². The van der Waals surface area contributed by atoms with Crippen molar-refractivity contribution >= 4 is 5.97 Å². The first-order valence-corrected chi connectivity index (χ1v) is 7.01. The summed E-state index contributed by atoms with van der Waals surface area (Å²) in [5.41, 5.74) is 2.66. The smallest absolute Gasteiger partial charge is 0.306 e. The molecule has 0 aliphatic carbocycles. The Hall–Kier alpha value is -2.24. The summed E-state index contributed by atoms with van der Waals surface area (Å²) in [6.07, 6.45) is 1.83. The van der Waals surface area contributed by atoms with Crippen molar-refractivity contribution in [2.45, 2.75) is 40.0 Å². The molecule has 0 spiro atoms. The third-order valence-electron chi connectivity index (χ3n) is 3.02. The average Bonchev–Trinajstić information content (AvgIpc) is 2.95. The fourth-order valence-corrected chi connectivity index (χ4v) is 1.79. The lowest BCUT2D eigenvalue weighted by Crippen LogP contribution is -2.16. The summed E-state index contributed by atoms with van der Waals surface area (Å²) in [5, 5.41) is 21.9. The minimum atomic E-state index is -0.799. The van der Waals surface area contributed by atoms with E-state index in [1.165, 1.54) is 11.1 Å². The van der Waals surface area contributed by atoms with Crippen LogP contribution >= 0.6 is 0 Å². The van der Waals surface area contributed by atoms with Gasteiger partial charge in [-0.05, 0) is 20.3 Å². The van der Waals surface area contributed by atoms with Crippen molar-refractivity contribution in [3.8, 4) is 0 Å². The molecule has 1 atom stereocenters. The molecule has 2 N–H and O–H groups in total. The van der Waals surface area contributed by atoms with Gasteiger partial charge in [0.05, 0.1) is 5.92 Å². The number of H-pyrrole nitrogens is 1. The number of nitrogens with zero attached hydrogens (tertiary/aromatic N) is 3. The van der Waals surface area contributed by atoms with Gasteiger partial charge in [0.1, 0.15) is 0 Å². The molecule has 0 amide bonds. The number of aromatic amines is 1. The number of hydrogen-bond acceptors (Lipinski definition) is 4. The Labute approximate surface area is 124 Å². The lowest BCUT2D eigenvalue weighted by molar-refractivity contribution is -0.142. The number of benzene rings is 1. The average molecular weight is 290 g/mol. The molecule has 6 heteroatoms. The normalized spacial score (nSPS) is 11.4. The molecule has 0 fully saturated rings. The van der Waals surface area contributed by atoms with Gasteiger partial charge in [0.15, 0.2) is 5.82 Å². The van der Waals surface area contributed by atoms with Crippen molar-refractivity contribution in [3.63, 3.8) is 0 Å². The van der Waals surface area contributed by atoms with Crippen LogP contribution in [0.15, 0.2) is 24.3 Å². The maximum atomic E-state index is 10.7. The van der Waals surface area contributed by atoms with E-state index < -0.39 is 11.9 Å². The third-order valence-corrected chi connectivity index (χ3v) is 3.02. The molecule has 6 nitrogen and oxygen atoms in total. The number of nitrogens with one attached hydrogen (secondary N) is 1. The zero-order valence-corrected chi connectivity index (χ0v) is 12.7. The summed E-state index contributed by atoms with van der Waals surface area (Å²) in [5.74, 6) is -0.741. The summed E-state index contributed by atoms with van der Waals surface area (Å²) >= 11 is 0.